The summed E-state index contributed by atoms with van der Waals surface area (Å²) < 4.78 is 0. The van der Waals surface area contributed by atoms with Gasteiger partial charge in [0, 0.05) is 37.7 Å². The zero-order valence-corrected chi connectivity index (χ0v) is 16.6. The first-order valence-corrected chi connectivity index (χ1v) is 9.47. The van der Waals surface area contributed by atoms with E-state index in [0.29, 0.717) is 6.42 Å². The van der Waals surface area contributed by atoms with E-state index in [0.717, 1.165) is 43.3 Å². The summed E-state index contributed by atoms with van der Waals surface area (Å²) in [5, 5.41) is 15.6. The van der Waals surface area contributed by atoms with Crippen molar-refractivity contribution in [3.05, 3.63) is 70.7 Å². The van der Waals surface area contributed by atoms with Crippen molar-refractivity contribution in [3.8, 4) is 0 Å². The van der Waals surface area contributed by atoms with Gasteiger partial charge in [0.05, 0.1) is 6.42 Å². The molecule has 2 N–H and O–H groups in total. The highest BCUT2D eigenvalue weighted by atomic mass is 35.5. The Kier molecular flexibility index (Phi) is 8.64. The molecule has 0 radical (unpaired) electrons. The van der Waals surface area contributed by atoms with Gasteiger partial charge in [-0.2, -0.15) is 0 Å². The van der Waals surface area contributed by atoms with Crippen LogP contribution in [0.1, 0.15) is 11.1 Å². The van der Waals surface area contributed by atoms with Crippen LogP contribution in [0.25, 0.3) is 0 Å². The Labute approximate surface area is 174 Å². The van der Waals surface area contributed by atoms with Gasteiger partial charge in [-0.25, -0.2) is 9.59 Å². The topological polar surface area (TPSA) is 98.2 Å². The van der Waals surface area contributed by atoms with Gasteiger partial charge in [-0.3, -0.25) is 9.69 Å². The van der Waals surface area contributed by atoms with Gasteiger partial charge in [0.1, 0.15) is 0 Å². The number of rotatable bonds is 4. The lowest BCUT2D eigenvalue weighted by Crippen LogP contribution is -2.48. The fourth-order valence-corrected chi connectivity index (χ4v) is 3.14. The second-order valence-electron chi connectivity index (χ2n) is 6.56. The molecule has 0 unspecified atom stereocenters. The van der Waals surface area contributed by atoms with Crippen LogP contribution in [0.4, 0.5) is 0 Å². The smallest absolute Gasteiger partial charge is 0.414 e. The van der Waals surface area contributed by atoms with E-state index in [4.69, 9.17) is 31.4 Å². The number of carboxylic acid groups (broad SMARTS) is 2. The second-order valence-corrected chi connectivity index (χ2v) is 7.00. The lowest BCUT2D eigenvalue weighted by Gasteiger charge is -2.34. The molecule has 29 heavy (non-hydrogen) atoms. The van der Waals surface area contributed by atoms with Gasteiger partial charge in [0.15, 0.2) is 0 Å². The van der Waals surface area contributed by atoms with Crippen molar-refractivity contribution >= 4 is 29.4 Å². The number of nitrogens with zero attached hydrogens (tertiary/aromatic N) is 2. The number of aliphatic carboxylic acids is 2. The molecular weight excluding hydrogens is 396 g/mol. The molecular formula is C21H23ClN2O5. The third-order valence-corrected chi connectivity index (χ3v) is 4.64. The second kappa shape index (κ2) is 11.2. The van der Waals surface area contributed by atoms with E-state index in [2.05, 4.69) is 11.0 Å². The van der Waals surface area contributed by atoms with Gasteiger partial charge < -0.3 is 15.1 Å². The number of hydrogen-bond acceptors (Lipinski definition) is 4. The summed E-state index contributed by atoms with van der Waals surface area (Å²) in [6.07, 6.45) is 0.495. The maximum Gasteiger partial charge on any atom is 0.414 e. The van der Waals surface area contributed by atoms with Gasteiger partial charge in [-0.05, 0) is 23.3 Å². The third kappa shape index (κ3) is 7.93. The van der Waals surface area contributed by atoms with Crippen LogP contribution in [0, 0.1) is 0 Å². The quantitative estimate of drug-likeness (QED) is 0.740. The van der Waals surface area contributed by atoms with Gasteiger partial charge in [-0.1, -0.05) is 54.1 Å². The number of carbonyl (C=O) groups excluding carboxylic acids is 1. The molecule has 154 valence electrons. The molecule has 0 spiro atoms. The lowest BCUT2D eigenvalue weighted by atomic mass is 10.1. The monoisotopic (exact) mass is 418 g/mol. The lowest BCUT2D eigenvalue weighted by molar-refractivity contribution is -0.159. The number of piperazine rings is 1. The minimum atomic E-state index is -1.82. The summed E-state index contributed by atoms with van der Waals surface area (Å²) in [6.45, 7) is 4.31. The van der Waals surface area contributed by atoms with E-state index in [1.54, 1.807) is 0 Å². The fourth-order valence-electron chi connectivity index (χ4n) is 2.93. The maximum atomic E-state index is 12.4. The summed E-state index contributed by atoms with van der Waals surface area (Å²) in [5.41, 5.74) is 2.31. The standard InChI is InChI=1S/C19H21ClN2O.C2H2O4/c20-18-8-4-7-17(13-18)15-21-9-11-22(12-10-21)19(23)14-16-5-2-1-3-6-16;3-1(4)2(5)6/h1-8,13H,9-12,14-15H2;(H,3,4)(H,5,6). The number of benzene rings is 2. The van der Waals surface area contributed by atoms with Gasteiger partial charge >= 0.3 is 11.9 Å². The van der Waals surface area contributed by atoms with Crippen molar-refractivity contribution in [3.63, 3.8) is 0 Å². The average Bonchev–Trinajstić information content (AvgIpc) is 2.70. The average molecular weight is 419 g/mol. The minimum Gasteiger partial charge on any atom is -0.473 e. The van der Waals surface area contributed by atoms with Crippen LogP contribution < -0.4 is 0 Å². The van der Waals surface area contributed by atoms with E-state index >= 15 is 0 Å². The maximum absolute atomic E-state index is 12.4. The largest absolute Gasteiger partial charge is 0.473 e. The Morgan fingerprint density at radius 2 is 1.41 bits per heavy atom. The van der Waals surface area contributed by atoms with Crippen molar-refractivity contribution in [1.29, 1.82) is 0 Å². The molecule has 0 saturated carbocycles. The number of carboxylic acids is 2. The Balaban J connectivity index is 0.000000438. The molecule has 0 bridgehead atoms. The van der Waals surface area contributed by atoms with E-state index in [-0.39, 0.29) is 5.91 Å². The first-order chi connectivity index (χ1) is 13.8. The van der Waals surface area contributed by atoms with E-state index in [1.807, 2.05) is 53.4 Å². The van der Waals surface area contributed by atoms with Gasteiger partial charge in [0.25, 0.3) is 0 Å². The van der Waals surface area contributed by atoms with Gasteiger partial charge in [-0.15, -0.1) is 0 Å². The molecule has 7 nitrogen and oxygen atoms in total. The van der Waals surface area contributed by atoms with Crippen LogP contribution in [0.2, 0.25) is 5.02 Å². The summed E-state index contributed by atoms with van der Waals surface area (Å²) in [7, 11) is 0. The summed E-state index contributed by atoms with van der Waals surface area (Å²) in [4.78, 5) is 34.9. The molecule has 0 atom stereocenters. The van der Waals surface area contributed by atoms with Crippen LogP contribution in [-0.2, 0) is 27.3 Å². The molecule has 2 aromatic rings. The van der Waals surface area contributed by atoms with Crippen LogP contribution >= 0.6 is 11.6 Å². The summed E-state index contributed by atoms with van der Waals surface area (Å²) in [5.74, 6) is -3.43. The van der Waals surface area contributed by atoms with Crippen LogP contribution in [0.3, 0.4) is 0 Å². The molecule has 0 aliphatic carbocycles. The van der Waals surface area contributed by atoms with E-state index < -0.39 is 11.9 Å². The predicted molar refractivity (Wildman–Crippen MR) is 109 cm³/mol. The highest BCUT2D eigenvalue weighted by molar-refractivity contribution is 6.30. The third-order valence-electron chi connectivity index (χ3n) is 4.40. The molecule has 1 fully saturated rings. The molecule has 1 heterocycles. The summed E-state index contributed by atoms with van der Waals surface area (Å²) in [6, 6.07) is 17.9. The molecule has 2 aromatic carbocycles. The zero-order valence-electron chi connectivity index (χ0n) is 15.8. The first-order valence-electron chi connectivity index (χ1n) is 9.10. The molecule has 3 rings (SSSR count). The Bertz CT molecular complexity index is 824. The highest BCUT2D eigenvalue weighted by Crippen LogP contribution is 2.14. The molecule has 1 aliphatic heterocycles. The van der Waals surface area contributed by atoms with Crippen molar-refractivity contribution in [1.82, 2.24) is 9.80 Å². The van der Waals surface area contributed by atoms with E-state index in [1.165, 1.54) is 5.56 Å². The Morgan fingerprint density at radius 1 is 0.828 bits per heavy atom. The van der Waals surface area contributed by atoms with Crippen molar-refractivity contribution in [2.45, 2.75) is 13.0 Å². The molecule has 8 heteroatoms. The van der Waals surface area contributed by atoms with Crippen LogP contribution in [0.15, 0.2) is 54.6 Å². The zero-order chi connectivity index (χ0) is 21.2. The Hall–Kier alpha value is -2.90. The normalized spacial score (nSPS) is 13.9. The predicted octanol–water partition coefficient (Wildman–Crippen LogP) is 2.38. The van der Waals surface area contributed by atoms with E-state index in [9.17, 15) is 4.79 Å². The summed E-state index contributed by atoms with van der Waals surface area (Å²) >= 11 is 6.03. The number of halogens is 1. The van der Waals surface area contributed by atoms with Crippen molar-refractivity contribution < 1.29 is 24.6 Å². The fraction of sp³-hybridized carbons (Fsp3) is 0.286. The number of carbonyl (C=O) groups is 3. The van der Waals surface area contributed by atoms with Crippen LogP contribution in [-0.4, -0.2) is 64.0 Å². The molecule has 1 amide bonds. The van der Waals surface area contributed by atoms with Crippen LogP contribution in [0.5, 0.6) is 0 Å². The van der Waals surface area contributed by atoms with Crippen molar-refractivity contribution in [2.75, 3.05) is 26.2 Å². The highest BCUT2D eigenvalue weighted by Gasteiger charge is 2.21. The first kappa shape index (κ1) is 22.4. The van der Waals surface area contributed by atoms with Crippen molar-refractivity contribution in [2.24, 2.45) is 0 Å². The molecule has 1 aliphatic rings. The molecule has 1 saturated heterocycles. The molecule has 0 aromatic heterocycles. The SMILES string of the molecule is O=C(Cc1ccccc1)N1CCN(Cc2cccc(Cl)c2)CC1.O=C(O)C(=O)O. The van der Waals surface area contributed by atoms with Gasteiger partial charge in [0.2, 0.25) is 5.91 Å². The minimum absolute atomic E-state index is 0.221. The number of amides is 1. The Morgan fingerprint density at radius 3 is 1.97 bits per heavy atom. The number of hydrogen-bond donors (Lipinski definition) is 2.